The van der Waals surface area contributed by atoms with Crippen LogP contribution in [-0.4, -0.2) is 6.36 Å². The van der Waals surface area contributed by atoms with Crippen molar-refractivity contribution in [1.82, 2.24) is 0 Å². The van der Waals surface area contributed by atoms with Crippen molar-refractivity contribution in [1.29, 1.82) is 0 Å². The summed E-state index contributed by atoms with van der Waals surface area (Å²) in [6.07, 6.45) is -1.80. The summed E-state index contributed by atoms with van der Waals surface area (Å²) in [5.74, 6) is -1.32. The molecule has 134 valence electrons. The highest BCUT2D eigenvalue weighted by atomic mass is 19.4. The molecule has 0 fully saturated rings. The van der Waals surface area contributed by atoms with Crippen LogP contribution >= 0.6 is 0 Å². The van der Waals surface area contributed by atoms with Gasteiger partial charge in [-0.25, -0.2) is 8.78 Å². The molecule has 0 saturated carbocycles. The van der Waals surface area contributed by atoms with E-state index in [1.807, 2.05) is 0 Å². The van der Waals surface area contributed by atoms with E-state index in [1.54, 1.807) is 0 Å². The number of rotatable bonds is 3. The van der Waals surface area contributed by atoms with Gasteiger partial charge in [-0.1, -0.05) is 25.5 Å². The lowest BCUT2D eigenvalue weighted by atomic mass is 9.81. The first-order valence-corrected chi connectivity index (χ1v) is 8.14. The van der Waals surface area contributed by atoms with Crippen LogP contribution in [0.5, 0.6) is 5.75 Å². The number of hydrogen-bond donors (Lipinski definition) is 0. The summed E-state index contributed by atoms with van der Waals surface area (Å²) in [6, 6.07) is 5.91. The van der Waals surface area contributed by atoms with Gasteiger partial charge in [0, 0.05) is 0 Å². The molecular weight excluding hydrogens is 339 g/mol. The molecule has 25 heavy (non-hydrogen) atoms. The SMILES string of the molecule is CCC1CCc2c(cc(F)c(-c3ccc(OC(F)(F)F)cc3)c2F)C1. The number of ether oxygens (including phenoxy) is 1. The molecule has 0 heterocycles. The summed E-state index contributed by atoms with van der Waals surface area (Å²) in [5.41, 5.74) is 1.18. The van der Waals surface area contributed by atoms with Gasteiger partial charge in [0.1, 0.15) is 17.4 Å². The fourth-order valence-electron chi connectivity index (χ4n) is 3.36. The van der Waals surface area contributed by atoms with Crippen LogP contribution in [0.3, 0.4) is 0 Å². The van der Waals surface area contributed by atoms with Gasteiger partial charge in [0.25, 0.3) is 0 Å². The third kappa shape index (κ3) is 3.78. The van der Waals surface area contributed by atoms with Gasteiger partial charge < -0.3 is 4.74 Å². The molecule has 0 amide bonds. The molecule has 1 unspecified atom stereocenters. The maximum atomic E-state index is 14.9. The van der Waals surface area contributed by atoms with E-state index in [2.05, 4.69) is 11.7 Å². The lowest BCUT2D eigenvalue weighted by Gasteiger charge is -2.25. The van der Waals surface area contributed by atoms with Gasteiger partial charge in [-0.15, -0.1) is 13.2 Å². The Morgan fingerprint density at radius 3 is 2.40 bits per heavy atom. The minimum atomic E-state index is -4.81. The number of fused-ring (bicyclic) bond motifs is 1. The van der Waals surface area contributed by atoms with E-state index in [9.17, 15) is 22.0 Å². The van der Waals surface area contributed by atoms with E-state index >= 15 is 0 Å². The average Bonchev–Trinajstić information content (AvgIpc) is 2.54. The zero-order valence-electron chi connectivity index (χ0n) is 13.6. The summed E-state index contributed by atoms with van der Waals surface area (Å²) in [5, 5.41) is 0. The molecule has 1 atom stereocenters. The van der Waals surface area contributed by atoms with Crippen LogP contribution in [0.25, 0.3) is 11.1 Å². The molecule has 0 spiro atoms. The van der Waals surface area contributed by atoms with Crippen molar-refractivity contribution in [3.8, 4) is 16.9 Å². The standard InChI is InChI=1S/C19H17F5O/c1-2-11-3-8-15-13(9-11)10-16(20)17(18(15)21)12-4-6-14(7-5-12)25-19(22,23)24/h4-7,10-11H,2-3,8-9H2,1H3. The highest BCUT2D eigenvalue weighted by Gasteiger charge is 2.31. The minimum Gasteiger partial charge on any atom is -0.406 e. The predicted octanol–water partition coefficient (Wildman–Crippen LogP) is 6.05. The Bertz CT molecular complexity index is 765. The van der Waals surface area contributed by atoms with E-state index in [-0.39, 0.29) is 11.1 Å². The molecule has 0 N–H and O–H groups in total. The maximum Gasteiger partial charge on any atom is 0.573 e. The molecule has 1 aliphatic carbocycles. The smallest absolute Gasteiger partial charge is 0.406 e. The number of halogens is 5. The Balaban J connectivity index is 1.95. The topological polar surface area (TPSA) is 9.23 Å². The lowest BCUT2D eigenvalue weighted by molar-refractivity contribution is -0.274. The summed E-state index contributed by atoms with van der Waals surface area (Å²) in [6.45, 7) is 2.06. The van der Waals surface area contributed by atoms with Crippen molar-refractivity contribution in [2.24, 2.45) is 5.92 Å². The molecule has 0 aromatic heterocycles. The van der Waals surface area contributed by atoms with Crippen LogP contribution in [0.2, 0.25) is 0 Å². The molecule has 2 aromatic rings. The van der Waals surface area contributed by atoms with Gasteiger partial charge in [0.15, 0.2) is 0 Å². The monoisotopic (exact) mass is 356 g/mol. The second-order valence-electron chi connectivity index (χ2n) is 6.27. The normalized spacial score (nSPS) is 17.3. The van der Waals surface area contributed by atoms with Gasteiger partial charge in [0.2, 0.25) is 0 Å². The molecule has 0 bridgehead atoms. The fourth-order valence-corrected chi connectivity index (χ4v) is 3.36. The fraction of sp³-hybridized carbons (Fsp3) is 0.368. The second-order valence-corrected chi connectivity index (χ2v) is 6.27. The maximum absolute atomic E-state index is 14.9. The van der Waals surface area contributed by atoms with Crippen molar-refractivity contribution in [3.63, 3.8) is 0 Å². The zero-order valence-corrected chi connectivity index (χ0v) is 13.6. The predicted molar refractivity (Wildman–Crippen MR) is 84.3 cm³/mol. The van der Waals surface area contributed by atoms with E-state index in [0.717, 1.165) is 25.0 Å². The molecule has 1 nitrogen and oxygen atoms in total. The number of hydrogen-bond acceptors (Lipinski definition) is 1. The molecule has 6 heteroatoms. The van der Waals surface area contributed by atoms with Gasteiger partial charge in [-0.3, -0.25) is 0 Å². The van der Waals surface area contributed by atoms with Crippen LogP contribution in [0, 0.1) is 17.6 Å². The first-order valence-electron chi connectivity index (χ1n) is 8.14. The molecule has 3 rings (SSSR count). The highest BCUT2D eigenvalue weighted by molar-refractivity contribution is 5.67. The average molecular weight is 356 g/mol. The van der Waals surface area contributed by atoms with Crippen molar-refractivity contribution >= 4 is 0 Å². The number of alkyl halides is 3. The van der Waals surface area contributed by atoms with Crippen molar-refractivity contribution < 1.29 is 26.7 Å². The van der Waals surface area contributed by atoms with E-state index in [4.69, 9.17) is 0 Å². The van der Waals surface area contributed by atoms with E-state index < -0.39 is 23.7 Å². The molecular formula is C19H17F5O. The van der Waals surface area contributed by atoms with Crippen molar-refractivity contribution in [3.05, 3.63) is 53.1 Å². The quantitative estimate of drug-likeness (QED) is 0.609. The largest absolute Gasteiger partial charge is 0.573 e. The Hall–Kier alpha value is -2.11. The van der Waals surface area contributed by atoms with Crippen LogP contribution in [-0.2, 0) is 12.8 Å². The van der Waals surface area contributed by atoms with Crippen LogP contribution < -0.4 is 4.74 Å². The highest BCUT2D eigenvalue weighted by Crippen LogP contribution is 2.36. The third-order valence-corrected chi connectivity index (χ3v) is 4.68. The molecule has 0 saturated heterocycles. The van der Waals surface area contributed by atoms with Gasteiger partial charge in [-0.2, -0.15) is 0 Å². The first kappa shape index (κ1) is 17.7. The Labute approximate surface area is 142 Å². The molecule has 1 aliphatic rings. The Kier molecular flexibility index (Phi) is 4.71. The van der Waals surface area contributed by atoms with Crippen LogP contribution in [0.4, 0.5) is 22.0 Å². The Morgan fingerprint density at radius 1 is 1.12 bits per heavy atom. The summed E-state index contributed by atoms with van der Waals surface area (Å²) in [7, 11) is 0. The first-order chi connectivity index (χ1) is 11.8. The van der Waals surface area contributed by atoms with Gasteiger partial charge >= 0.3 is 6.36 Å². The second kappa shape index (κ2) is 6.65. The van der Waals surface area contributed by atoms with Crippen molar-refractivity contribution in [2.45, 2.75) is 39.0 Å². The van der Waals surface area contributed by atoms with Crippen LogP contribution in [0.1, 0.15) is 30.9 Å². The van der Waals surface area contributed by atoms with Crippen LogP contribution in [0.15, 0.2) is 30.3 Å². The molecule has 2 aromatic carbocycles. The van der Waals surface area contributed by atoms with Gasteiger partial charge in [-0.05, 0) is 60.1 Å². The zero-order chi connectivity index (χ0) is 18.2. The van der Waals surface area contributed by atoms with E-state index in [1.165, 1.54) is 18.2 Å². The molecule has 0 radical (unpaired) electrons. The summed E-state index contributed by atoms with van der Waals surface area (Å²) >= 11 is 0. The van der Waals surface area contributed by atoms with E-state index in [0.29, 0.717) is 29.9 Å². The lowest BCUT2D eigenvalue weighted by Crippen LogP contribution is -2.17. The minimum absolute atomic E-state index is 0.185. The van der Waals surface area contributed by atoms with Gasteiger partial charge in [0.05, 0.1) is 5.56 Å². The summed E-state index contributed by atoms with van der Waals surface area (Å²) < 4.78 is 69.7. The number of benzene rings is 2. The van der Waals surface area contributed by atoms with Crippen molar-refractivity contribution in [2.75, 3.05) is 0 Å². The third-order valence-electron chi connectivity index (χ3n) is 4.68. The Morgan fingerprint density at radius 2 is 1.80 bits per heavy atom. The summed E-state index contributed by atoms with van der Waals surface area (Å²) in [4.78, 5) is 0. The molecule has 0 aliphatic heterocycles.